The number of amides is 1. The van der Waals surface area contributed by atoms with Crippen molar-refractivity contribution in [3.05, 3.63) is 0 Å². The SMILES string of the molecule is C[C@@H]1CC[C@H](C(=O)N2CCCCC2CCC(=O)O)O1. The van der Waals surface area contributed by atoms with Crippen molar-refractivity contribution < 1.29 is 19.4 Å². The summed E-state index contributed by atoms with van der Waals surface area (Å²) in [6.45, 7) is 2.74. The Balaban J connectivity index is 1.94. The summed E-state index contributed by atoms with van der Waals surface area (Å²) in [6, 6.07) is 0.0804. The smallest absolute Gasteiger partial charge is 0.303 e. The topological polar surface area (TPSA) is 66.8 Å². The zero-order valence-electron chi connectivity index (χ0n) is 11.5. The van der Waals surface area contributed by atoms with Crippen LogP contribution in [0.5, 0.6) is 0 Å². The molecule has 2 aliphatic heterocycles. The van der Waals surface area contributed by atoms with E-state index in [1.165, 1.54) is 0 Å². The number of carboxylic acids is 1. The van der Waals surface area contributed by atoms with Gasteiger partial charge in [0.1, 0.15) is 6.10 Å². The molecule has 2 saturated heterocycles. The number of carbonyl (C=O) groups excluding carboxylic acids is 1. The monoisotopic (exact) mass is 269 g/mol. The first-order valence-electron chi connectivity index (χ1n) is 7.25. The zero-order chi connectivity index (χ0) is 13.8. The van der Waals surface area contributed by atoms with E-state index in [0.717, 1.165) is 38.6 Å². The van der Waals surface area contributed by atoms with Gasteiger partial charge in [0.05, 0.1) is 6.10 Å². The van der Waals surface area contributed by atoms with Crippen LogP contribution in [0, 0.1) is 0 Å². The van der Waals surface area contributed by atoms with Gasteiger partial charge in [0.15, 0.2) is 0 Å². The van der Waals surface area contributed by atoms with Gasteiger partial charge in [0.2, 0.25) is 0 Å². The summed E-state index contributed by atoms with van der Waals surface area (Å²) in [7, 11) is 0. The van der Waals surface area contributed by atoms with E-state index in [2.05, 4.69) is 0 Å². The molecule has 0 aromatic carbocycles. The minimum atomic E-state index is -0.788. The minimum Gasteiger partial charge on any atom is -0.481 e. The molecule has 5 nitrogen and oxygen atoms in total. The molecular weight excluding hydrogens is 246 g/mol. The van der Waals surface area contributed by atoms with E-state index in [1.807, 2.05) is 11.8 Å². The van der Waals surface area contributed by atoms with Gasteiger partial charge >= 0.3 is 5.97 Å². The number of carboxylic acid groups (broad SMARTS) is 1. The third kappa shape index (κ3) is 3.69. The quantitative estimate of drug-likeness (QED) is 0.845. The molecule has 0 aromatic rings. The van der Waals surface area contributed by atoms with Crippen molar-refractivity contribution in [2.24, 2.45) is 0 Å². The van der Waals surface area contributed by atoms with Crippen LogP contribution in [0.2, 0.25) is 0 Å². The molecule has 2 heterocycles. The fourth-order valence-electron chi connectivity index (χ4n) is 3.05. The van der Waals surface area contributed by atoms with Crippen molar-refractivity contribution in [1.29, 1.82) is 0 Å². The van der Waals surface area contributed by atoms with Gasteiger partial charge < -0.3 is 14.7 Å². The van der Waals surface area contributed by atoms with E-state index in [-0.39, 0.29) is 30.6 Å². The molecule has 2 fully saturated rings. The molecule has 5 heteroatoms. The zero-order valence-corrected chi connectivity index (χ0v) is 11.5. The number of nitrogens with zero attached hydrogens (tertiary/aromatic N) is 1. The van der Waals surface area contributed by atoms with Gasteiger partial charge in [0.25, 0.3) is 5.91 Å². The van der Waals surface area contributed by atoms with Crippen molar-refractivity contribution in [1.82, 2.24) is 4.90 Å². The van der Waals surface area contributed by atoms with Crippen molar-refractivity contribution in [2.45, 2.75) is 70.1 Å². The molecule has 0 aliphatic carbocycles. The highest BCUT2D eigenvalue weighted by atomic mass is 16.5. The summed E-state index contributed by atoms with van der Waals surface area (Å²) in [5.74, 6) is -0.719. The minimum absolute atomic E-state index is 0.0689. The lowest BCUT2D eigenvalue weighted by atomic mass is 9.97. The highest BCUT2D eigenvalue weighted by molar-refractivity contribution is 5.81. The highest BCUT2D eigenvalue weighted by Crippen LogP contribution is 2.26. The van der Waals surface area contributed by atoms with Crippen molar-refractivity contribution >= 4 is 11.9 Å². The number of hydrogen-bond acceptors (Lipinski definition) is 3. The van der Waals surface area contributed by atoms with Gasteiger partial charge in [-0.15, -0.1) is 0 Å². The molecule has 1 unspecified atom stereocenters. The van der Waals surface area contributed by atoms with Gasteiger partial charge in [-0.1, -0.05) is 0 Å². The summed E-state index contributed by atoms with van der Waals surface area (Å²) >= 11 is 0. The van der Waals surface area contributed by atoms with Crippen LogP contribution in [-0.4, -0.2) is 46.7 Å². The molecule has 0 spiro atoms. The summed E-state index contributed by atoms with van der Waals surface area (Å²) < 4.78 is 5.64. The molecule has 2 rings (SSSR count). The lowest BCUT2D eigenvalue weighted by molar-refractivity contribution is -0.147. The molecule has 3 atom stereocenters. The van der Waals surface area contributed by atoms with Crippen LogP contribution in [0.15, 0.2) is 0 Å². The number of piperidine rings is 1. The van der Waals surface area contributed by atoms with Gasteiger partial charge in [0, 0.05) is 19.0 Å². The lowest BCUT2D eigenvalue weighted by Gasteiger charge is -2.37. The van der Waals surface area contributed by atoms with Crippen LogP contribution in [0.3, 0.4) is 0 Å². The molecule has 1 N–H and O–H groups in total. The molecular formula is C14H23NO4. The second kappa shape index (κ2) is 6.37. The number of hydrogen-bond donors (Lipinski definition) is 1. The Morgan fingerprint density at radius 1 is 1.26 bits per heavy atom. The van der Waals surface area contributed by atoms with E-state index in [1.54, 1.807) is 0 Å². The van der Waals surface area contributed by atoms with E-state index in [9.17, 15) is 9.59 Å². The molecule has 1 amide bonds. The van der Waals surface area contributed by atoms with E-state index in [0.29, 0.717) is 6.42 Å². The Labute approximate surface area is 113 Å². The van der Waals surface area contributed by atoms with Crippen molar-refractivity contribution in [2.75, 3.05) is 6.54 Å². The van der Waals surface area contributed by atoms with E-state index < -0.39 is 5.97 Å². The number of ether oxygens (including phenoxy) is 1. The van der Waals surface area contributed by atoms with Crippen LogP contribution < -0.4 is 0 Å². The maximum Gasteiger partial charge on any atom is 0.303 e. The Bertz CT molecular complexity index is 344. The molecule has 0 saturated carbocycles. The van der Waals surface area contributed by atoms with Crippen LogP contribution in [-0.2, 0) is 14.3 Å². The van der Waals surface area contributed by atoms with E-state index in [4.69, 9.17) is 9.84 Å². The van der Waals surface area contributed by atoms with E-state index >= 15 is 0 Å². The molecule has 0 aromatic heterocycles. The fourth-order valence-corrected chi connectivity index (χ4v) is 3.05. The lowest BCUT2D eigenvalue weighted by Crippen LogP contribution is -2.48. The van der Waals surface area contributed by atoms with Crippen LogP contribution in [0.4, 0.5) is 0 Å². The standard InChI is InChI=1S/C14H23NO4/c1-10-5-7-12(19-10)14(18)15-9-3-2-4-11(15)6-8-13(16)17/h10-12H,2-9H2,1H3,(H,16,17)/t10-,11?,12-/m1/s1. The Morgan fingerprint density at radius 3 is 2.68 bits per heavy atom. The van der Waals surface area contributed by atoms with Gasteiger partial charge in [-0.3, -0.25) is 9.59 Å². The third-order valence-corrected chi connectivity index (χ3v) is 4.11. The summed E-state index contributed by atoms with van der Waals surface area (Å²) in [5.41, 5.74) is 0. The Morgan fingerprint density at radius 2 is 2.05 bits per heavy atom. The molecule has 2 aliphatic rings. The fraction of sp³-hybridized carbons (Fsp3) is 0.857. The number of likely N-dealkylation sites (tertiary alicyclic amines) is 1. The van der Waals surface area contributed by atoms with Crippen molar-refractivity contribution in [3.8, 4) is 0 Å². The molecule has 0 bridgehead atoms. The van der Waals surface area contributed by atoms with Gasteiger partial charge in [-0.25, -0.2) is 0 Å². The first-order chi connectivity index (χ1) is 9.08. The molecule has 19 heavy (non-hydrogen) atoms. The second-order valence-corrected chi connectivity index (χ2v) is 5.63. The van der Waals surface area contributed by atoms with Crippen LogP contribution in [0.1, 0.15) is 51.9 Å². The maximum absolute atomic E-state index is 12.5. The van der Waals surface area contributed by atoms with Crippen LogP contribution in [0.25, 0.3) is 0 Å². The van der Waals surface area contributed by atoms with Crippen molar-refractivity contribution in [3.63, 3.8) is 0 Å². The summed E-state index contributed by atoms with van der Waals surface area (Å²) in [4.78, 5) is 25.0. The predicted octanol–water partition coefficient (Wildman–Crippen LogP) is 1.80. The normalized spacial score (nSPS) is 31.4. The first-order valence-corrected chi connectivity index (χ1v) is 7.25. The van der Waals surface area contributed by atoms with Gasteiger partial charge in [-0.05, 0) is 45.4 Å². The number of carbonyl (C=O) groups is 2. The summed E-state index contributed by atoms with van der Waals surface area (Å²) in [6.07, 6.45) is 5.29. The van der Waals surface area contributed by atoms with Gasteiger partial charge in [-0.2, -0.15) is 0 Å². The largest absolute Gasteiger partial charge is 0.481 e. The molecule has 0 radical (unpaired) electrons. The maximum atomic E-state index is 12.5. The number of aliphatic carboxylic acids is 1. The highest BCUT2D eigenvalue weighted by Gasteiger charge is 2.35. The average Bonchev–Trinajstić information content (AvgIpc) is 2.82. The predicted molar refractivity (Wildman–Crippen MR) is 69.8 cm³/mol. The average molecular weight is 269 g/mol. The molecule has 108 valence electrons. The second-order valence-electron chi connectivity index (χ2n) is 5.63. The Kier molecular flexibility index (Phi) is 4.80. The summed E-state index contributed by atoms with van der Waals surface area (Å²) in [5, 5.41) is 8.79. The Hall–Kier alpha value is -1.10. The first kappa shape index (κ1) is 14.3. The van der Waals surface area contributed by atoms with Crippen LogP contribution >= 0.6 is 0 Å². The number of rotatable bonds is 4. The third-order valence-electron chi connectivity index (χ3n) is 4.11.